The molecule has 0 amide bonds. The van der Waals surface area contributed by atoms with Crippen molar-refractivity contribution in [3.8, 4) is 0 Å². The first-order valence-electron chi connectivity index (χ1n) is 7.46. The molecular formula is C16H24N2O3. The van der Waals surface area contributed by atoms with Gasteiger partial charge in [0.2, 0.25) is 0 Å². The predicted octanol–water partition coefficient (Wildman–Crippen LogP) is 3.06. The molecule has 1 heterocycles. The Labute approximate surface area is 125 Å². The molecule has 2 unspecified atom stereocenters. The fraction of sp³-hybridized carbons (Fsp3) is 0.625. The lowest BCUT2D eigenvalue weighted by molar-refractivity contribution is -0.385. The number of aliphatic hydroxyl groups is 1. The topological polar surface area (TPSA) is 66.6 Å². The average molecular weight is 292 g/mol. The number of aryl methyl sites for hydroxylation is 1. The third-order valence-corrected chi connectivity index (χ3v) is 4.66. The zero-order valence-electron chi connectivity index (χ0n) is 13.0. The Bertz CT molecular complexity index is 532. The monoisotopic (exact) mass is 292 g/mol. The maximum absolute atomic E-state index is 11.0. The molecule has 1 aromatic carbocycles. The summed E-state index contributed by atoms with van der Waals surface area (Å²) in [5.41, 5.74) is 2.15. The number of hydrogen-bond acceptors (Lipinski definition) is 4. The summed E-state index contributed by atoms with van der Waals surface area (Å²) in [5.74, 6) is 0. The Morgan fingerprint density at radius 2 is 2.24 bits per heavy atom. The molecule has 1 aliphatic rings. The summed E-state index contributed by atoms with van der Waals surface area (Å²) < 4.78 is 0. The van der Waals surface area contributed by atoms with Gasteiger partial charge in [0.25, 0.3) is 5.69 Å². The Balaban J connectivity index is 2.25. The van der Waals surface area contributed by atoms with Crippen LogP contribution in [0.1, 0.15) is 43.9 Å². The molecule has 2 rings (SSSR count). The van der Waals surface area contributed by atoms with E-state index in [1.807, 2.05) is 13.0 Å². The number of nitrogens with zero attached hydrogens (tertiary/aromatic N) is 2. The number of rotatable bonds is 4. The second-order valence-electron chi connectivity index (χ2n) is 6.52. The second-order valence-corrected chi connectivity index (χ2v) is 6.52. The third kappa shape index (κ3) is 3.41. The summed E-state index contributed by atoms with van der Waals surface area (Å²) in [7, 11) is 0. The zero-order valence-corrected chi connectivity index (χ0v) is 13.0. The van der Waals surface area contributed by atoms with Crippen LogP contribution < -0.4 is 0 Å². The number of benzene rings is 1. The second kappa shape index (κ2) is 6.12. The van der Waals surface area contributed by atoms with Crippen molar-refractivity contribution in [2.45, 2.75) is 39.7 Å². The van der Waals surface area contributed by atoms with E-state index in [1.54, 1.807) is 12.1 Å². The number of non-ortho nitro benzene ring substituents is 1. The van der Waals surface area contributed by atoms with E-state index in [9.17, 15) is 15.2 Å². The lowest BCUT2D eigenvalue weighted by Crippen LogP contribution is -2.44. The fourth-order valence-corrected chi connectivity index (χ4v) is 3.21. The van der Waals surface area contributed by atoms with Crippen molar-refractivity contribution in [3.05, 3.63) is 39.4 Å². The summed E-state index contributed by atoms with van der Waals surface area (Å²) in [6, 6.07) is 5.18. The van der Waals surface area contributed by atoms with E-state index >= 15 is 0 Å². The molecule has 1 aliphatic heterocycles. The maximum Gasteiger partial charge on any atom is 0.269 e. The summed E-state index contributed by atoms with van der Waals surface area (Å²) in [5, 5.41) is 20.5. The SMILES string of the molecule is Cc1ccc([N+](=O)[O-])cc1C(C)N1CCCC(C)(CO)C1. The van der Waals surface area contributed by atoms with Crippen LogP contribution in [0.25, 0.3) is 0 Å². The number of piperidine rings is 1. The smallest absolute Gasteiger partial charge is 0.269 e. The molecule has 0 aliphatic carbocycles. The summed E-state index contributed by atoms with van der Waals surface area (Å²) in [6.07, 6.45) is 2.08. The van der Waals surface area contributed by atoms with Crippen molar-refractivity contribution in [2.75, 3.05) is 19.7 Å². The van der Waals surface area contributed by atoms with Gasteiger partial charge in [0.15, 0.2) is 0 Å². The number of likely N-dealkylation sites (tertiary alicyclic amines) is 1. The Morgan fingerprint density at radius 1 is 1.52 bits per heavy atom. The molecule has 1 saturated heterocycles. The van der Waals surface area contributed by atoms with Gasteiger partial charge in [-0.3, -0.25) is 15.0 Å². The van der Waals surface area contributed by atoms with Crippen LogP contribution >= 0.6 is 0 Å². The van der Waals surface area contributed by atoms with Gasteiger partial charge in [-0.1, -0.05) is 13.0 Å². The lowest BCUT2D eigenvalue weighted by atomic mass is 9.81. The molecule has 2 atom stereocenters. The highest BCUT2D eigenvalue weighted by atomic mass is 16.6. The van der Waals surface area contributed by atoms with Crippen LogP contribution in [0.3, 0.4) is 0 Å². The van der Waals surface area contributed by atoms with Crippen LogP contribution in [0, 0.1) is 22.5 Å². The highest BCUT2D eigenvalue weighted by Crippen LogP contribution is 2.35. The van der Waals surface area contributed by atoms with Gasteiger partial charge in [-0.15, -0.1) is 0 Å². The maximum atomic E-state index is 11.0. The number of nitro benzene ring substituents is 1. The molecule has 0 radical (unpaired) electrons. The first-order valence-corrected chi connectivity index (χ1v) is 7.46. The Hall–Kier alpha value is -1.46. The van der Waals surface area contributed by atoms with Crippen molar-refractivity contribution in [3.63, 3.8) is 0 Å². The van der Waals surface area contributed by atoms with E-state index in [-0.39, 0.29) is 28.7 Å². The molecule has 116 valence electrons. The van der Waals surface area contributed by atoms with Gasteiger partial charge < -0.3 is 5.11 Å². The standard InChI is InChI=1S/C16H24N2O3/c1-12-5-6-14(18(20)21)9-15(12)13(2)17-8-4-7-16(3,10-17)11-19/h5-6,9,13,19H,4,7-8,10-11H2,1-3H3. The van der Waals surface area contributed by atoms with E-state index in [0.717, 1.165) is 37.1 Å². The van der Waals surface area contributed by atoms with Crippen molar-refractivity contribution in [2.24, 2.45) is 5.41 Å². The fourth-order valence-electron chi connectivity index (χ4n) is 3.21. The molecule has 1 fully saturated rings. The molecule has 0 bridgehead atoms. The molecule has 0 saturated carbocycles. The number of hydrogen-bond donors (Lipinski definition) is 1. The van der Waals surface area contributed by atoms with Crippen LogP contribution in [-0.2, 0) is 0 Å². The average Bonchev–Trinajstić information content (AvgIpc) is 2.47. The first kappa shape index (κ1) is 15.9. The Kier molecular flexibility index (Phi) is 4.64. The molecule has 5 heteroatoms. The van der Waals surface area contributed by atoms with E-state index in [2.05, 4.69) is 18.7 Å². The van der Waals surface area contributed by atoms with E-state index in [1.165, 1.54) is 0 Å². The van der Waals surface area contributed by atoms with Gasteiger partial charge >= 0.3 is 0 Å². The van der Waals surface area contributed by atoms with Crippen molar-refractivity contribution in [1.29, 1.82) is 0 Å². The van der Waals surface area contributed by atoms with Gasteiger partial charge in [-0.2, -0.15) is 0 Å². The minimum atomic E-state index is -0.344. The van der Waals surface area contributed by atoms with Crippen LogP contribution in [0.2, 0.25) is 0 Å². The van der Waals surface area contributed by atoms with Crippen molar-refractivity contribution >= 4 is 5.69 Å². The van der Waals surface area contributed by atoms with Gasteiger partial charge in [-0.25, -0.2) is 0 Å². The molecule has 1 aromatic rings. The highest BCUT2D eigenvalue weighted by Gasteiger charge is 2.33. The largest absolute Gasteiger partial charge is 0.396 e. The summed E-state index contributed by atoms with van der Waals surface area (Å²) in [6.45, 7) is 8.17. The van der Waals surface area contributed by atoms with E-state index < -0.39 is 0 Å². The van der Waals surface area contributed by atoms with E-state index in [0.29, 0.717) is 0 Å². The van der Waals surface area contributed by atoms with Gasteiger partial charge in [0.05, 0.1) is 4.92 Å². The van der Waals surface area contributed by atoms with Gasteiger partial charge in [0.1, 0.15) is 0 Å². The van der Waals surface area contributed by atoms with Crippen molar-refractivity contribution < 1.29 is 10.0 Å². The van der Waals surface area contributed by atoms with Crippen LogP contribution in [0.4, 0.5) is 5.69 Å². The minimum Gasteiger partial charge on any atom is -0.396 e. The normalized spacial score (nSPS) is 24.8. The van der Waals surface area contributed by atoms with Crippen LogP contribution in [-0.4, -0.2) is 34.6 Å². The minimum absolute atomic E-state index is 0.0683. The molecule has 0 aromatic heterocycles. The molecule has 5 nitrogen and oxygen atoms in total. The quantitative estimate of drug-likeness (QED) is 0.684. The number of aliphatic hydroxyl groups excluding tert-OH is 1. The summed E-state index contributed by atoms with van der Waals surface area (Å²) in [4.78, 5) is 13.0. The van der Waals surface area contributed by atoms with Crippen molar-refractivity contribution in [1.82, 2.24) is 4.90 Å². The summed E-state index contributed by atoms with van der Waals surface area (Å²) >= 11 is 0. The third-order valence-electron chi connectivity index (χ3n) is 4.66. The molecule has 21 heavy (non-hydrogen) atoms. The van der Waals surface area contributed by atoms with Gasteiger partial charge in [-0.05, 0) is 44.4 Å². The molecule has 0 spiro atoms. The lowest BCUT2D eigenvalue weighted by Gasteiger charge is -2.42. The Morgan fingerprint density at radius 3 is 2.86 bits per heavy atom. The molecular weight excluding hydrogens is 268 g/mol. The first-order chi connectivity index (χ1) is 9.86. The van der Waals surface area contributed by atoms with Crippen LogP contribution in [0.5, 0.6) is 0 Å². The van der Waals surface area contributed by atoms with E-state index in [4.69, 9.17) is 0 Å². The molecule has 1 N–H and O–H groups in total. The highest BCUT2D eigenvalue weighted by molar-refractivity contribution is 5.40. The van der Waals surface area contributed by atoms with Gasteiger partial charge in [0, 0.05) is 36.7 Å². The number of nitro groups is 1. The predicted molar refractivity (Wildman–Crippen MR) is 82.2 cm³/mol. The van der Waals surface area contributed by atoms with Crippen LogP contribution in [0.15, 0.2) is 18.2 Å². The zero-order chi connectivity index (χ0) is 15.6.